The maximum Gasteiger partial charge on any atom is 0.228 e. The monoisotopic (exact) mass is 493 g/mol. The summed E-state index contributed by atoms with van der Waals surface area (Å²) in [6.07, 6.45) is 0. The van der Waals surface area contributed by atoms with Gasteiger partial charge in [0.1, 0.15) is 0 Å². The molecule has 1 aliphatic heterocycles. The molecule has 2 aromatic carbocycles. The summed E-state index contributed by atoms with van der Waals surface area (Å²) >= 11 is 6.33. The third kappa shape index (κ3) is 2.52. The molecule has 2 aromatic rings. The van der Waals surface area contributed by atoms with Crippen LogP contribution in [0.5, 0.6) is 0 Å². The highest BCUT2D eigenvalue weighted by molar-refractivity contribution is 14.1. The summed E-state index contributed by atoms with van der Waals surface area (Å²) in [4.78, 5) is 16.1. The van der Waals surface area contributed by atoms with Crippen LogP contribution in [0.3, 0.4) is 0 Å². The predicted molar refractivity (Wildman–Crippen MR) is 95.3 cm³/mol. The minimum absolute atomic E-state index is 0.0465. The van der Waals surface area contributed by atoms with Crippen LogP contribution < -0.4 is 4.90 Å². The Hall–Kier alpha value is -0.280. The van der Waals surface area contributed by atoms with Crippen LogP contribution in [0.15, 0.2) is 46.2 Å². The Balaban J connectivity index is 2.23. The summed E-state index contributed by atoms with van der Waals surface area (Å²) in [5.41, 5.74) is 1.96. The summed E-state index contributed by atoms with van der Waals surface area (Å²) in [5.74, 6) is 0.0465. The largest absolute Gasteiger partial charge is 0.279 e. The highest BCUT2D eigenvalue weighted by Crippen LogP contribution is 2.48. The van der Waals surface area contributed by atoms with Crippen LogP contribution in [0.4, 0.5) is 11.4 Å². The Bertz CT molecular complexity index is 636. The molecule has 0 saturated heterocycles. The van der Waals surface area contributed by atoms with Gasteiger partial charge in [0.05, 0.1) is 11.4 Å². The van der Waals surface area contributed by atoms with Crippen molar-refractivity contribution in [2.75, 3.05) is 4.90 Å². The number of fused-ring (bicyclic) bond motifs is 2. The lowest BCUT2D eigenvalue weighted by atomic mass is 10.2. The van der Waals surface area contributed by atoms with Crippen molar-refractivity contribution in [2.24, 2.45) is 0 Å². The van der Waals surface area contributed by atoms with Gasteiger partial charge < -0.3 is 0 Å². The first kappa shape index (κ1) is 13.7. The van der Waals surface area contributed by atoms with E-state index in [0.29, 0.717) is 0 Å². The molecule has 1 aliphatic rings. The molecule has 2 nitrogen and oxygen atoms in total. The maximum absolute atomic E-state index is 12.0. The van der Waals surface area contributed by atoms with Crippen molar-refractivity contribution in [1.82, 2.24) is 0 Å². The SMILES string of the molecule is CC(=O)N1c2ccc(I)cc2Sc2cc(I)ccc21. The smallest absolute Gasteiger partial charge is 0.228 e. The van der Waals surface area contributed by atoms with Gasteiger partial charge in [0.15, 0.2) is 0 Å². The summed E-state index contributed by atoms with van der Waals surface area (Å²) in [6.45, 7) is 1.61. The topological polar surface area (TPSA) is 20.3 Å². The Morgan fingerprint density at radius 3 is 1.89 bits per heavy atom. The first-order chi connectivity index (χ1) is 9.06. The third-order valence-electron chi connectivity index (χ3n) is 2.86. The van der Waals surface area contributed by atoms with Gasteiger partial charge in [-0.25, -0.2) is 0 Å². The second kappa shape index (κ2) is 5.25. The Morgan fingerprint density at radius 2 is 1.47 bits per heavy atom. The highest BCUT2D eigenvalue weighted by Gasteiger charge is 2.26. The molecule has 0 spiro atoms. The fourth-order valence-electron chi connectivity index (χ4n) is 2.10. The summed E-state index contributed by atoms with van der Waals surface area (Å²) in [7, 11) is 0. The van der Waals surface area contributed by atoms with Gasteiger partial charge in [-0.1, -0.05) is 11.8 Å². The number of carbonyl (C=O) groups excluding carboxylic acids is 1. The van der Waals surface area contributed by atoms with E-state index in [1.165, 1.54) is 7.14 Å². The Kier molecular flexibility index (Phi) is 3.78. The van der Waals surface area contributed by atoms with Crippen molar-refractivity contribution < 1.29 is 4.79 Å². The van der Waals surface area contributed by atoms with Gasteiger partial charge in [-0.2, -0.15) is 0 Å². The van der Waals surface area contributed by atoms with Gasteiger partial charge in [0.25, 0.3) is 0 Å². The summed E-state index contributed by atoms with van der Waals surface area (Å²) < 4.78 is 2.36. The van der Waals surface area contributed by atoms with Crippen molar-refractivity contribution in [3.05, 3.63) is 43.5 Å². The van der Waals surface area contributed by atoms with Crippen molar-refractivity contribution in [1.29, 1.82) is 0 Å². The normalized spacial score (nSPS) is 12.9. The molecular weight excluding hydrogens is 484 g/mol. The van der Waals surface area contributed by atoms with Gasteiger partial charge in [0, 0.05) is 23.9 Å². The molecule has 0 aromatic heterocycles. The molecule has 19 heavy (non-hydrogen) atoms. The second-order valence-electron chi connectivity index (χ2n) is 4.18. The Labute approximate surface area is 143 Å². The zero-order valence-electron chi connectivity index (χ0n) is 9.98. The first-order valence-corrected chi connectivity index (χ1v) is 8.61. The van der Waals surface area contributed by atoms with Gasteiger partial charge in [0.2, 0.25) is 5.91 Å². The van der Waals surface area contributed by atoms with E-state index < -0.39 is 0 Å². The molecule has 0 atom stereocenters. The fraction of sp³-hybridized carbons (Fsp3) is 0.0714. The minimum Gasteiger partial charge on any atom is -0.279 e. The number of nitrogens with zero attached hydrogens (tertiary/aromatic N) is 1. The number of hydrogen-bond acceptors (Lipinski definition) is 2. The van der Waals surface area contributed by atoms with E-state index in [0.717, 1.165) is 21.2 Å². The standard InChI is InChI=1S/C14H9I2NOS/c1-8(18)17-11-4-2-9(15)6-13(11)19-14-7-10(16)3-5-12(14)17/h2-7H,1H3. The van der Waals surface area contributed by atoms with Gasteiger partial charge in [-0.05, 0) is 81.6 Å². The molecule has 0 fully saturated rings. The van der Waals surface area contributed by atoms with Gasteiger partial charge in [-0.15, -0.1) is 0 Å². The van der Waals surface area contributed by atoms with E-state index in [2.05, 4.69) is 57.3 Å². The van der Waals surface area contributed by atoms with E-state index in [-0.39, 0.29) is 5.91 Å². The molecule has 0 bridgehead atoms. The number of carbonyl (C=O) groups is 1. The first-order valence-electron chi connectivity index (χ1n) is 5.64. The molecule has 3 rings (SSSR count). The molecule has 0 unspecified atom stereocenters. The number of halogens is 2. The lowest BCUT2D eigenvalue weighted by Gasteiger charge is -2.30. The van der Waals surface area contributed by atoms with Crippen LogP contribution in [0.2, 0.25) is 0 Å². The van der Waals surface area contributed by atoms with Crippen LogP contribution in [0.1, 0.15) is 6.92 Å². The van der Waals surface area contributed by atoms with Crippen molar-refractivity contribution in [2.45, 2.75) is 16.7 Å². The van der Waals surface area contributed by atoms with Crippen LogP contribution in [-0.4, -0.2) is 5.91 Å². The van der Waals surface area contributed by atoms with Gasteiger partial charge >= 0.3 is 0 Å². The van der Waals surface area contributed by atoms with E-state index in [4.69, 9.17) is 0 Å². The van der Waals surface area contributed by atoms with Crippen LogP contribution >= 0.6 is 56.9 Å². The lowest BCUT2D eigenvalue weighted by Crippen LogP contribution is -2.25. The van der Waals surface area contributed by atoms with Crippen molar-refractivity contribution in [3.8, 4) is 0 Å². The van der Waals surface area contributed by atoms with Crippen molar-refractivity contribution >= 4 is 74.2 Å². The number of amides is 1. The third-order valence-corrected chi connectivity index (χ3v) is 5.30. The van der Waals surface area contributed by atoms with E-state index in [1.54, 1.807) is 23.6 Å². The number of anilines is 2. The van der Waals surface area contributed by atoms with Gasteiger partial charge in [-0.3, -0.25) is 9.69 Å². The fourth-order valence-corrected chi connectivity index (χ4v) is 4.64. The number of rotatable bonds is 0. The molecule has 1 amide bonds. The Morgan fingerprint density at radius 1 is 1.00 bits per heavy atom. The molecule has 0 radical (unpaired) electrons. The molecule has 96 valence electrons. The molecular formula is C14H9I2NOS. The predicted octanol–water partition coefficient (Wildman–Crippen LogP) is 5.05. The molecule has 0 saturated carbocycles. The minimum atomic E-state index is 0.0465. The zero-order valence-corrected chi connectivity index (χ0v) is 15.1. The molecule has 0 N–H and O–H groups in total. The van der Waals surface area contributed by atoms with E-state index in [1.807, 2.05) is 24.3 Å². The average Bonchev–Trinajstić information content (AvgIpc) is 2.35. The average molecular weight is 493 g/mol. The number of benzene rings is 2. The van der Waals surface area contributed by atoms with Crippen LogP contribution in [-0.2, 0) is 4.79 Å². The van der Waals surface area contributed by atoms with E-state index in [9.17, 15) is 4.79 Å². The molecule has 1 heterocycles. The summed E-state index contributed by atoms with van der Waals surface area (Å²) in [6, 6.07) is 12.4. The van der Waals surface area contributed by atoms with Crippen LogP contribution in [0, 0.1) is 7.14 Å². The van der Waals surface area contributed by atoms with E-state index >= 15 is 0 Å². The molecule has 0 aliphatic carbocycles. The maximum atomic E-state index is 12.0. The van der Waals surface area contributed by atoms with Crippen LogP contribution in [0.25, 0.3) is 0 Å². The zero-order chi connectivity index (χ0) is 13.6. The lowest BCUT2D eigenvalue weighted by molar-refractivity contribution is -0.115. The molecule has 5 heteroatoms. The number of hydrogen-bond donors (Lipinski definition) is 0. The summed E-state index contributed by atoms with van der Waals surface area (Å²) in [5, 5.41) is 0. The van der Waals surface area contributed by atoms with Crippen molar-refractivity contribution in [3.63, 3.8) is 0 Å². The highest BCUT2D eigenvalue weighted by atomic mass is 127. The second-order valence-corrected chi connectivity index (χ2v) is 7.76. The quantitative estimate of drug-likeness (QED) is 0.480.